The summed E-state index contributed by atoms with van der Waals surface area (Å²) in [4.78, 5) is 26.6. The van der Waals surface area contributed by atoms with Gasteiger partial charge in [0.1, 0.15) is 0 Å². The first kappa shape index (κ1) is 19.7. The number of carbonyl (C=O) groups is 2. The Hall–Kier alpha value is -2.66. The van der Waals surface area contributed by atoms with Crippen molar-refractivity contribution in [3.63, 3.8) is 0 Å². The van der Waals surface area contributed by atoms with Crippen molar-refractivity contribution in [3.05, 3.63) is 65.7 Å². The largest absolute Gasteiger partial charge is 0.333 e. The normalized spacial score (nSPS) is 11.7. The molecule has 26 heavy (non-hydrogen) atoms. The van der Waals surface area contributed by atoms with Gasteiger partial charge >= 0.3 is 0 Å². The maximum absolute atomic E-state index is 12.6. The molecule has 0 spiro atoms. The molecule has 2 amide bonds. The van der Waals surface area contributed by atoms with Crippen LogP contribution in [-0.4, -0.2) is 29.8 Å². The summed E-state index contributed by atoms with van der Waals surface area (Å²) in [6, 6.07) is 16.7. The molecule has 138 valence electrons. The van der Waals surface area contributed by atoms with E-state index in [1.165, 1.54) is 0 Å². The number of hydrogen-bond acceptors (Lipinski definition) is 3. The maximum Gasteiger partial charge on any atom is 0.244 e. The first-order chi connectivity index (χ1) is 12.5. The number of nitrogens with zero attached hydrogens (tertiary/aromatic N) is 1. The van der Waals surface area contributed by atoms with Crippen molar-refractivity contribution in [2.45, 2.75) is 32.7 Å². The molecule has 0 saturated carbocycles. The van der Waals surface area contributed by atoms with Crippen LogP contribution in [0.15, 0.2) is 54.6 Å². The van der Waals surface area contributed by atoms with Crippen molar-refractivity contribution >= 4 is 17.5 Å². The minimum atomic E-state index is -0.373. The van der Waals surface area contributed by atoms with Gasteiger partial charge in [-0.05, 0) is 30.5 Å². The summed E-state index contributed by atoms with van der Waals surface area (Å²) in [6.07, 6.45) is 0.964. The highest BCUT2D eigenvalue weighted by Gasteiger charge is 2.20. The summed E-state index contributed by atoms with van der Waals surface area (Å²) in [5.41, 5.74) is 8.83. The molecule has 0 fully saturated rings. The molecule has 0 bridgehead atoms. The zero-order valence-corrected chi connectivity index (χ0v) is 15.4. The summed E-state index contributed by atoms with van der Waals surface area (Å²) in [5, 5.41) is 2.87. The molecule has 1 unspecified atom stereocenters. The minimum absolute atomic E-state index is 0.0303. The van der Waals surface area contributed by atoms with Gasteiger partial charge in [-0.2, -0.15) is 0 Å². The highest BCUT2D eigenvalue weighted by molar-refractivity contribution is 5.95. The van der Waals surface area contributed by atoms with E-state index in [-0.39, 0.29) is 30.8 Å². The fourth-order valence-corrected chi connectivity index (χ4v) is 2.77. The van der Waals surface area contributed by atoms with Gasteiger partial charge in [-0.25, -0.2) is 0 Å². The maximum atomic E-state index is 12.6. The molecule has 2 aromatic carbocycles. The van der Waals surface area contributed by atoms with Gasteiger partial charge < -0.3 is 16.0 Å². The summed E-state index contributed by atoms with van der Waals surface area (Å²) >= 11 is 0. The number of amides is 2. The van der Waals surface area contributed by atoms with E-state index in [0.717, 1.165) is 23.2 Å². The van der Waals surface area contributed by atoms with Gasteiger partial charge in [0.2, 0.25) is 11.8 Å². The van der Waals surface area contributed by atoms with Gasteiger partial charge in [-0.3, -0.25) is 9.59 Å². The van der Waals surface area contributed by atoms with Crippen molar-refractivity contribution in [2.24, 2.45) is 5.73 Å². The molecule has 0 saturated heterocycles. The highest BCUT2D eigenvalue weighted by Crippen LogP contribution is 2.16. The Balaban J connectivity index is 1.97. The zero-order valence-electron chi connectivity index (χ0n) is 15.4. The number of carbonyl (C=O) groups excluding carboxylic acids is 2. The number of nitrogens with one attached hydrogen (secondary N) is 1. The summed E-state index contributed by atoms with van der Waals surface area (Å²) in [6.45, 7) is 4.48. The molecule has 0 radical (unpaired) electrons. The van der Waals surface area contributed by atoms with Crippen LogP contribution in [0.1, 0.15) is 36.9 Å². The first-order valence-corrected chi connectivity index (χ1v) is 8.95. The molecule has 2 rings (SSSR count). The van der Waals surface area contributed by atoms with Crippen LogP contribution in [0.25, 0.3) is 0 Å². The Kier molecular flexibility index (Phi) is 7.36. The second-order valence-electron chi connectivity index (χ2n) is 6.40. The van der Waals surface area contributed by atoms with Crippen molar-refractivity contribution < 1.29 is 9.59 Å². The number of aryl methyl sites for hydroxylation is 1. The average Bonchev–Trinajstić information content (AvgIpc) is 2.64. The third kappa shape index (κ3) is 5.70. The van der Waals surface area contributed by atoms with Crippen LogP contribution < -0.4 is 11.1 Å². The van der Waals surface area contributed by atoms with Gasteiger partial charge in [0.15, 0.2) is 0 Å². The molecule has 0 aliphatic carbocycles. The second-order valence-corrected chi connectivity index (χ2v) is 6.40. The first-order valence-electron chi connectivity index (χ1n) is 8.95. The van der Waals surface area contributed by atoms with Crippen LogP contribution in [0.4, 0.5) is 5.69 Å². The lowest BCUT2D eigenvalue weighted by atomic mass is 10.0. The number of para-hydroxylation sites is 1. The number of benzene rings is 2. The topological polar surface area (TPSA) is 75.4 Å². The Morgan fingerprint density at radius 3 is 2.38 bits per heavy atom. The monoisotopic (exact) mass is 353 g/mol. The van der Waals surface area contributed by atoms with Gasteiger partial charge in [0.25, 0.3) is 0 Å². The smallest absolute Gasteiger partial charge is 0.244 e. The van der Waals surface area contributed by atoms with Crippen LogP contribution in [0, 0.1) is 6.92 Å². The van der Waals surface area contributed by atoms with E-state index >= 15 is 0 Å². The van der Waals surface area contributed by atoms with E-state index in [4.69, 9.17) is 5.73 Å². The lowest BCUT2D eigenvalue weighted by Crippen LogP contribution is -2.39. The number of anilines is 1. The average molecular weight is 353 g/mol. The minimum Gasteiger partial charge on any atom is -0.333 e. The third-order valence-electron chi connectivity index (χ3n) is 4.22. The zero-order chi connectivity index (χ0) is 18.9. The van der Waals surface area contributed by atoms with Crippen molar-refractivity contribution in [1.29, 1.82) is 0 Å². The van der Waals surface area contributed by atoms with Gasteiger partial charge in [0.05, 0.1) is 6.54 Å². The Labute approximate surface area is 155 Å². The van der Waals surface area contributed by atoms with Crippen LogP contribution in [0.5, 0.6) is 0 Å². The van der Waals surface area contributed by atoms with Crippen molar-refractivity contribution in [1.82, 2.24) is 4.90 Å². The van der Waals surface area contributed by atoms with E-state index in [1.807, 2.05) is 68.4 Å². The Bertz CT molecular complexity index is 731. The molecule has 0 aromatic heterocycles. The van der Waals surface area contributed by atoms with Crippen LogP contribution in [-0.2, 0) is 9.59 Å². The van der Waals surface area contributed by atoms with Gasteiger partial charge in [-0.15, -0.1) is 0 Å². The van der Waals surface area contributed by atoms with E-state index in [1.54, 1.807) is 4.90 Å². The quantitative estimate of drug-likeness (QED) is 0.765. The van der Waals surface area contributed by atoms with Crippen LogP contribution in [0.3, 0.4) is 0 Å². The van der Waals surface area contributed by atoms with Crippen molar-refractivity contribution in [2.75, 3.05) is 18.4 Å². The number of hydrogen-bond donors (Lipinski definition) is 2. The lowest BCUT2D eigenvalue weighted by molar-refractivity contribution is -0.135. The standard InChI is InChI=1S/C21H27N3O2/c1-3-13-24(15-20(25)23-19-12-8-7-9-16(19)2)21(26)14-18(22)17-10-5-4-6-11-17/h4-12,18H,3,13-15,22H2,1-2H3,(H,23,25). The molecule has 0 aliphatic heterocycles. The molecular weight excluding hydrogens is 326 g/mol. The molecule has 5 heteroatoms. The van der Waals surface area contributed by atoms with Gasteiger partial charge in [0, 0.05) is 24.7 Å². The molecule has 5 nitrogen and oxygen atoms in total. The summed E-state index contributed by atoms with van der Waals surface area (Å²) in [7, 11) is 0. The second kappa shape index (κ2) is 9.73. The number of rotatable bonds is 8. The highest BCUT2D eigenvalue weighted by atomic mass is 16.2. The van der Waals surface area contributed by atoms with E-state index in [2.05, 4.69) is 5.32 Å². The van der Waals surface area contributed by atoms with E-state index in [0.29, 0.717) is 6.54 Å². The fraction of sp³-hybridized carbons (Fsp3) is 0.333. The third-order valence-corrected chi connectivity index (χ3v) is 4.22. The molecule has 1 atom stereocenters. The summed E-state index contributed by atoms with van der Waals surface area (Å²) < 4.78 is 0. The van der Waals surface area contributed by atoms with Crippen LogP contribution in [0.2, 0.25) is 0 Å². The Morgan fingerprint density at radius 1 is 1.08 bits per heavy atom. The van der Waals surface area contributed by atoms with Gasteiger partial charge in [-0.1, -0.05) is 55.5 Å². The Morgan fingerprint density at radius 2 is 1.73 bits per heavy atom. The summed E-state index contributed by atoms with van der Waals surface area (Å²) in [5.74, 6) is -0.308. The fourth-order valence-electron chi connectivity index (χ4n) is 2.77. The SMILES string of the molecule is CCCN(CC(=O)Nc1ccccc1C)C(=O)CC(N)c1ccccc1. The van der Waals surface area contributed by atoms with E-state index < -0.39 is 0 Å². The van der Waals surface area contributed by atoms with Crippen LogP contribution >= 0.6 is 0 Å². The molecule has 2 aromatic rings. The molecule has 3 N–H and O–H groups in total. The molecule has 0 aliphatic rings. The molecular formula is C21H27N3O2. The van der Waals surface area contributed by atoms with Crippen molar-refractivity contribution in [3.8, 4) is 0 Å². The molecule has 0 heterocycles. The predicted molar refractivity (Wildman–Crippen MR) is 105 cm³/mol. The number of nitrogens with two attached hydrogens (primary N) is 1. The predicted octanol–water partition coefficient (Wildman–Crippen LogP) is 3.26. The lowest BCUT2D eigenvalue weighted by Gasteiger charge is -2.23. The van der Waals surface area contributed by atoms with E-state index in [9.17, 15) is 9.59 Å².